The Morgan fingerprint density at radius 2 is 2.00 bits per heavy atom. The summed E-state index contributed by atoms with van der Waals surface area (Å²) in [5.74, 6) is 0.283. The van der Waals surface area contributed by atoms with E-state index in [2.05, 4.69) is 0 Å². The fourth-order valence-corrected chi connectivity index (χ4v) is 5.27. The highest BCUT2D eigenvalue weighted by molar-refractivity contribution is 7.86. The molecule has 1 aromatic carbocycles. The van der Waals surface area contributed by atoms with Crippen molar-refractivity contribution in [2.45, 2.75) is 37.5 Å². The van der Waals surface area contributed by atoms with Gasteiger partial charge in [0.05, 0.1) is 11.6 Å². The third-order valence-corrected chi connectivity index (χ3v) is 7.01. The predicted molar refractivity (Wildman–Crippen MR) is 86.3 cm³/mol. The molecule has 3 rings (SSSR count). The summed E-state index contributed by atoms with van der Waals surface area (Å²) in [6.45, 7) is 0.0511. The summed E-state index contributed by atoms with van der Waals surface area (Å²) in [6.07, 6.45) is -1.92. The van der Waals surface area contributed by atoms with Gasteiger partial charge in [-0.2, -0.15) is 30.2 Å². The lowest BCUT2D eigenvalue weighted by Gasteiger charge is -2.35. The van der Waals surface area contributed by atoms with Gasteiger partial charge in [0, 0.05) is 20.1 Å². The zero-order valence-corrected chi connectivity index (χ0v) is 14.8. The van der Waals surface area contributed by atoms with Crippen LogP contribution in [0.3, 0.4) is 0 Å². The number of fused-ring (bicyclic) bond motifs is 2. The Hall–Kier alpha value is -1.32. The molecule has 3 atom stereocenters. The Morgan fingerprint density at radius 3 is 2.64 bits per heavy atom. The smallest absolute Gasteiger partial charge is 0.416 e. The molecule has 2 aliphatic rings. The van der Waals surface area contributed by atoms with Crippen LogP contribution in [-0.4, -0.2) is 49.8 Å². The van der Waals surface area contributed by atoms with E-state index in [0.29, 0.717) is 0 Å². The molecule has 2 bridgehead atoms. The van der Waals surface area contributed by atoms with E-state index in [1.54, 1.807) is 0 Å². The van der Waals surface area contributed by atoms with Crippen LogP contribution in [0.25, 0.3) is 0 Å². The van der Waals surface area contributed by atoms with Gasteiger partial charge in [0.2, 0.25) is 0 Å². The molecule has 140 valence electrons. The molecular weight excluding hydrogens is 357 g/mol. The molecule has 25 heavy (non-hydrogen) atoms. The zero-order valence-electron chi connectivity index (χ0n) is 14.0. The van der Waals surface area contributed by atoms with Crippen molar-refractivity contribution in [1.82, 2.24) is 8.61 Å². The number of alkyl halides is 3. The maximum atomic E-state index is 12.8. The average molecular weight is 378 g/mol. The SMILES string of the molecule is CN(C)S(=O)(=O)N1C2CCC(C2)[C@@H]1COc1cccc(C(F)(F)F)c1. The molecule has 0 radical (unpaired) electrons. The first-order chi connectivity index (χ1) is 11.6. The van der Waals surface area contributed by atoms with Gasteiger partial charge in [-0.1, -0.05) is 6.07 Å². The highest BCUT2D eigenvalue weighted by Gasteiger charge is 2.52. The fourth-order valence-electron chi connectivity index (χ4n) is 3.75. The number of halogens is 3. The number of ether oxygens (including phenoxy) is 1. The molecule has 9 heteroatoms. The third kappa shape index (κ3) is 3.50. The van der Waals surface area contributed by atoms with Gasteiger partial charge in [0.1, 0.15) is 12.4 Å². The summed E-state index contributed by atoms with van der Waals surface area (Å²) in [5, 5.41) is 0. The lowest BCUT2D eigenvalue weighted by atomic mass is 10.0. The number of hydrogen-bond acceptors (Lipinski definition) is 3. The van der Waals surface area contributed by atoms with Crippen LogP contribution in [-0.2, 0) is 16.4 Å². The fraction of sp³-hybridized carbons (Fsp3) is 0.625. The van der Waals surface area contributed by atoms with Crippen LogP contribution in [0.4, 0.5) is 13.2 Å². The molecule has 2 unspecified atom stereocenters. The first-order valence-corrected chi connectivity index (χ1v) is 9.51. The molecule has 1 saturated carbocycles. The maximum absolute atomic E-state index is 12.8. The van der Waals surface area contributed by atoms with Crippen molar-refractivity contribution < 1.29 is 26.3 Å². The van der Waals surface area contributed by atoms with Gasteiger partial charge in [-0.15, -0.1) is 0 Å². The van der Waals surface area contributed by atoms with Crippen molar-refractivity contribution in [2.75, 3.05) is 20.7 Å². The molecule has 1 aliphatic heterocycles. The Morgan fingerprint density at radius 1 is 1.28 bits per heavy atom. The highest BCUT2D eigenvalue weighted by Crippen LogP contribution is 2.44. The molecule has 0 aromatic heterocycles. The second-order valence-electron chi connectivity index (χ2n) is 6.75. The van der Waals surface area contributed by atoms with Crippen LogP contribution >= 0.6 is 0 Å². The van der Waals surface area contributed by atoms with E-state index in [1.807, 2.05) is 0 Å². The van der Waals surface area contributed by atoms with E-state index < -0.39 is 21.9 Å². The van der Waals surface area contributed by atoms with Gasteiger partial charge in [-0.05, 0) is 43.4 Å². The van der Waals surface area contributed by atoms with Crippen LogP contribution in [0.1, 0.15) is 24.8 Å². The average Bonchev–Trinajstić information content (AvgIpc) is 3.13. The van der Waals surface area contributed by atoms with Crippen molar-refractivity contribution in [3.05, 3.63) is 29.8 Å². The quantitative estimate of drug-likeness (QED) is 0.792. The number of rotatable bonds is 5. The summed E-state index contributed by atoms with van der Waals surface area (Å²) in [6, 6.07) is 4.26. The van der Waals surface area contributed by atoms with Crippen LogP contribution < -0.4 is 4.74 Å². The van der Waals surface area contributed by atoms with Crippen LogP contribution in [0.5, 0.6) is 5.75 Å². The standard InChI is InChI=1S/C16H21F3N2O3S/c1-20(2)25(22,23)21-13-7-6-11(8-13)15(21)10-24-14-5-3-4-12(9-14)16(17,18)19/h3-5,9,11,13,15H,6-8,10H2,1-2H3/t11?,13?,15-/m0/s1. The Balaban J connectivity index is 1.76. The summed E-state index contributed by atoms with van der Waals surface area (Å²) >= 11 is 0. The summed E-state index contributed by atoms with van der Waals surface area (Å²) < 4.78 is 71.7. The normalized spacial score (nSPS) is 27.2. The first kappa shape index (κ1) is 18.5. The molecule has 5 nitrogen and oxygen atoms in total. The van der Waals surface area contributed by atoms with Crippen LogP contribution in [0, 0.1) is 5.92 Å². The topological polar surface area (TPSA) is 49.9 Å². The van der Waals surface area contributed by atoms with Gasteiger partial charge in [-0.3, -0.25) is 0 Å². The first-order valence-electron chi connectivity index (χ1n) is 8.11. The second-order valence-corrected chi connectivity index (χ2v) is 8.80. The van der Waals surface area contributed by atoms with Gasteiger partial charge in [0.25, 0.3) is 10.2 Å². The van der Waals surface area contributed by atoms with Crippen molar-refractivity contribution in [3.63, 3.8) is 0 Å². The van der Waals surface area contributed by atoms with E-state index in [1.165, 1.54) is 34.8 Å². The van der Waals surface area contributed by atoms with E-state index in [-0.39, 0.29) is 30.4 Å². The van der Waals surface area contributed by atoms with Gasteiger partial charge in [-0.25, -0.2) is 0 Å². The van der Waals surface area contributed by atoms with Gasteiger partial charge < -0.3 is 4.74 Å². The van der Waals surface area contributed by atoms with E-state index in [9.17, 15) is 21.6 Å². The van der Waals surface area contributed by atoms with Gasteiger partial charge >= 0.3 is 6.18 Å². The van der Waals surface area contributed by atoms with Crippen molar-refractivity contribution in [3.8, 4) is 5.75 Å². The minimum Gasteiger partial charge on any atom is -0.492 e. The van der Waals surface area contributed by atoms with E-state index in [4.69, 9.17) is 4.74 Å². The van der Waals surface area contributed by atoms with E-state index in [0.717, 1.165) is 31.4 Å². The highest BCUT2D eigenvalue weighted by atomic mass is 32.2. The number of nitrogens with zero attached hydrogens (tertiary/aromatic N) is 2. The Kier molecular flexibility index (Phi) is 4.76. The number of benzene rings is 1. The minimum absolute atomic E-state index is 0.0486. The molecule has 2 fully saturated rings. The maximum Gasteiger partial charge on any atom is 0.416 e. The number of piperidine rings is 1. The van der Waals surface area contributed by atoms with Crippen LogP contribution in [0.2, 0.25) is 0 Å². The molecule has 1 aliphatic carbocycles. The Bertz CT molecular complexity index is 736. The summed E-state index contributed by atoms with van der Waals surface area (Å²) in [7, 11) is -0.629. The molecular formula is C16H21F3N2O3S. The lowest BCUT2D eigenvalue weighted by molar-refractivity contribution is -0.137. The number of hydrogen-bond donors (Lipinski definition) is 0. The van der Waals surface area contributed by atoms with E-state index >= 15 is 0 Å². The van der Waals surface area contributed by atoms with Crippen LogP contribution in [0.15, 0.2) is 24.3 Å². The molecule has 0 spiro atoms. The summed E-state index contributed by atoms with van der Waals surface area (Å²) in [4.78, 5) is 0. The lowest BCUT2D eigenvalue weighted by Crippen LogP contribution is -2.51. The molecule has 0 N–H and O–H groups in total. The molecule has 1 aromatic rings. The monoisotopic (exact) mass is 378 g/mol. The molecule has 0 amide bonds. The van der Waals surface area contributed by atoms with Gasteiger partial charge in [0.15, 0.2) is 0 Å². The third-order valence-electron chi connectivity index (χ3n) is 4.99. The Labute approximate surface area is 145 Å². The van der Waals surface area contributed by atoms with Crippen molar-refractivity contribution >= 4 is 10.2 Å². The predicted octanol–water partition coefficient (Wildman–Crippen LogP) is 2.74. The van der Waals surface area contributed by atoms with Crippen molar-refractivity contribution in [2.24, 2.45) is 5.92 Å². The minimum atomic E-state index is -4.44. The largest absolute Gasteiger partial charge is 0.492 e. The summed E-state index contributed by atoms with van der Waals surface area (Å²) in [5.41, 5.74) is -0.782. The van der Waals surface area contributed by atoms with Crippen molar-refractivity contribution in [1.29, 1.82) is 0 Å². The molecule has 1 heterocycles. The second kappa shape index (κ2) is 6.44. The molecule has 1 saturated heterocycles. The zero-order chi connectivity index (χ0) is 18.4.